The van der Waals surface area contributed by atoms with Gasteiger partial charge >= 0.3 is 17.9 Å². The molecule has 35 nitrogen and oxygen atoms in total. The molecule has 562 valence electrons. The van der Waals surface area contributed by atoms with Gasteiger partial charge in [-0.3, -0.25) is 77.1 Å². The maximum Gasteiger partial charge on any atom is 0.327 e. The highest BCUT2D eigenvalue weighted by atomic mass is 32.1. The lowest BCUT2D eigenvalue weighted by atomic mass is 10.0. The highest BCUT2D eigenvalue weighted by Gasteiger charge is 2.48. The molecule has 2 saturated heterocycles. The molecule has 3 unspecified atom stereocenters. The number of fused-ring (bicyclic) bond motifs is 2. The van der Waals surface area contributed by atoms with E-state index in [4.69, 9.17) is 5.73 Å². The SMILES string of the molecule is N#C[C@@H]1CC(F)(F)CN1C(=O)CNC(=O)c1ccnc2c(NC(=O)CCC(=O)NCCCCC(NC(=O)CCC(=O)Nc3cccc4c(C(=O)NCC(=O)N5CC(F)(F)C[C@H]5C#N)ccnc34)C(=O)N[C@@H](CC(=O)O)C(=O)NC(CCCCN)C(=O)N[C@@H](CC(=O)O)C(=O)NC(CS)C(=O)O)cccc12. The molecule has 0 radical (unpaired) electrons. The van der Waals surface area contributed by atoms with Crippen molar-refractivity contribution in [2.45, 2.75) is 144 Å². The Balaban J connectivity index is 1.11. The number of amides is 12. The van der Waals surface area contributed by atoms with Crippen LogP contribution < -0.4 is 58.9 Å². The number of nitriles is 2. The number of hydrogen-bond acceptors (Lipinski definition) is 21. The van der Waals surface area contributed by atoms with Crippen LogP contribution in [0.2, 0.25) is 0 Å². The second-order valence-corrected chi connectivity index (χ2v) is 24.6. The molecule has 12 amide bonds. The molecule has 2 aliphatic rings. The number of hydrogen-bond donors (Lipinski definition) is 15. The lowest BCUT2D eigenvalue weighted by molar-refractivity contribution is -0.143. The van der Waals surface area contributed by atoms with Crippen molar-refractivity contribution in [2.75, 3.05) is 55.7 Å². The number of benzene rings is 2. The molecule has 0 bridgehead atoms. The first kappa shape index (κ1) is 82.3. The number of carboxylic acid groups (broad SMARTS) is 3. The molecular formula is C65H75F4N17O18S. The minimum atomic E-state index is -3.31. The van der Waals surface area contributed by atoms with Crippen molar-refractivity contribution in [1.29, 1.82) is 10.5 Å². The van der Waals surface area contributed by atoms with Gasteiger partial charge in [-0.15, -0.1) is 0 Å². The first-order valence-corrected chi connectivity index (χ1v) is 33.2. The van der Waals surface area contributed by atoms with E-state index in [2.05, 4.69) is 70.4 Å². The second kappa shape index (κ2) is 38.5. The third-order valence-electron chi connectivity index (χ3n) is 16.3. The van der Waals surface area contributed by atoms with Crippen LogP contribution in [-0.4, -0.2) is 223 Å². The van der Waals surface area contributed by atoms with E-state index >= 15 is 0 Å². The normalized spacial score (nSPS) is 16.2. The third-order valence-corrected chi connectivity index (χ3v) is 16.7. The Morgan fingerprint density at radius 3 is 1.35 bits per heavy atom. The van der Waals surface area contributed by atoms with Crippen LogP contribution in [0.3, 0.4) is 0 Å². The lowest BCUT2D eigenvalue weighted by Crippen LogP contribution is -2.59. The number of halogens is 4. The number of rotatable bonds is 38. The van der Waals surface area contributed by atoms with E-state index in [0.29, 0.717) is 9.80 Å². The number of aromatic nitrogens is 2. The largest absolute Gasteiger partial charge is 0.481 e. The van der Waals surface area contributed by atoms with Crippen molar-refractivity contribution in [1.82, 2.24) is 62.3 Å². The summed E-state index contributed by atoms with van der Waals surface area (Å²) in [6, 6.07) is 2.87. The minimum Gasteiger partial charge on any atom is -0.481 e. The van der Waals surface area contributed by atoms with Crippen molar-refractivity contribution in [3.63, 3.8) is 0 Å². The molecular weight excluding hydrogens is 1410 g/mol. The van der Waals surface area contributed by atoms with Gasteiger partial charge in [-0.1, -0.05) is 24.3 Å². The number of likely N-dealkylation sites (tertiary alicyclic amines) is 2. The van der Waals surface area contributed by atoms with Gasteiger partial charge in [0.1, 0.15) is 42.3 Å². The number of unbranched alkanes of at least 4 members (excludes halogenated alkanes) is 2. The van der Waals surface area contributed by atoms with Crippen molar-refractivity contribution in [2.24, 2.45) is 5.73 Å². The highest BCUT2D eigenvalue weighted by Crippen LogP contribution is 2.33. The number of alkyl halides is 4. The van der Waals surface area contributed by atoms with Gasteiger partial charge in [0.25, 0.3) is 23.7 Å². The summed E-state index contributed by atoms with van der Waals surface area (Å²) in [5.74, 6) is -23.4. The van der Waals surface area contributed by atoms with Crippen LogP contribution in [0.1, 0.15) is 111 Å². The number of anilines is 2. The fraction of sp³-hybridized carbons (Fsp3) is 0.462. The van der Waals surface area contributed by atoms with Crippen LogP contribution in [0.4, 0.5) is 28.9 Å². The number of pyridine rings is 2. The standard InChI is InChI=1S/C65H75F4N17O18S/c66-64(67)25-34(27-71)85(32-64)51(91)29-76-57(97)38-17-21-74-55-36(38)7-5-11-40(55)78-48(88)14-13-47(87)73-20-4-2-10-42(59(99)82-44(23-53(93)94)61(101)81-43(9-1-3-19-70)60(100)83-45(24-54(95)96)62(102)84-46(31-105)63(103)104)80-50(90)16-15-49(89)79-41-12-6-8-37-39(18-22-75-56(37)41)58(98)77-30-52(92)86-33-65(68,69)26-35(86)28-72/h5-8,11-12,17-18,21-22,34-35,42-46,105H,1-4,9-10,13-16,19-20,23-26,29-33,70H2,(H,73,87)(H,76,97)(H,77,98)(H,78,88)(H,79,89)(H,80,90)(H,81,101)(H,82,99)(H,83,100)(H,84,102)(H,93,94)(H,95,96)(H,103,104)/t34-,35-,42?,43?,44-,45-,46?/m0/s1. The van der Waals surface area contributed by atoms with Gasteiger partial charge in [0, 0.05) is 74.0 Å². The zero-order chi connectivity index (χ0) is 77.3. The Morgan fingerprint density at radius 1 is 0.533 bits per heavy atom. The van der Waals surface area contributed by atoms with E-state index in [-0.39, 0.29) is 109 Å². The summed E-state index contributed by atoms with van der Waals surface area (Å²) in [5, 5.41) is 71.5. The van der Waals surface area contributed by atoms with E-state index in [1.165, 1.54) is 60.9 Å². The molecule has 15 N–H and O–H groups in total. The molecule has 2 fully saturated rings. The number of thiol groups is 1. The predicted octanol–water partition coefficient (Wildman–Crippen LogP) is -0.297. The van der Waals surface area contributed by atoms with Crippen LogP contribution in [0.15, 0.2) is 60.9 Å². The summed E-state index contributed by atoms with van der Waals surface area (Å²) in [4.78, 5) is 206. The number of nitrogens with two attached hydrogens (primary N) is 1. The Bertz CT molecular complexity index is 4090. The fourth-order valence-corrected chi connectivity index (χ4v) is 11.3. The van der Waals surface area contributed by atoms with Crippen molar-refractivity contribution in [3.8, 4) is 12.1 Å². The Labute approximate surface area is 599 Å². The maximum absolute atomic E-state index is 14.3. The van der Waals surface area contributed by atoms with Crippen LogP contribution >= 0.6 is 12.6 Å². The van der Waals surface area contributed by atoms with E-state index in [9.17, 15) is 115 Å². The number of aliphatic carboxylic acids is 3. The van der Waals surface area contributed by atoms with Crippen molar-refractivity contribution >= 4 is 135 Å². The fourth-order valence-electron chi connectivity index (χ4n) is 11.1. The molecule has 2 aliphatic heterocycles. The topological polar surface area (TPSA) is 543 Å². The molecule has 7 atom stereocenters. The molecule has 4 aromatic rings. The molecule has 0 aliphatic carbocycles. The quantitative estimate of drug-likeness (QED) is 0.0156. The molecule has 0 saturated carbocycles. The summed E-state index contributed by atoms with van der Waals surface area (Å²) in [6.07, 6.45) is -3.70. The van der Waals surface area contributed by atoms with Gasteiger partial charge in [-0.2, -0.15) is 23.2 Å². The van der Waals surface area contributed by atoms with Crippen LogP contribution in [0.5, 0.6) is 0 Å². The average Bonchev–Trinajstić information content (AvgIpc) is 1.52. The number of carbonyl (C=O) groups excluding carboxylic acids is 12. The van der Waals surface area contributed by atoms with Gasteiger partial charge in [0.2, 0.25) is 59.1 Å². The van der Waals surface area contributed by atoms with Gasteiger partial charge in [-0.05, 0) is 69.3 Å². The predicted molar refractivity (Wildman–Crippen MR) is 361 cm³/mol. The number of carbonyl (C=O) groups is 15. The minimum absolute atomic E-state index is 0.00820. The van der Waals surface area contributed by atoms with Crippen LogP contribution in [-0.2, 0) is 62.3 Å². The molecule has 2 aromatic carbocycles. The zero-order valence-corrected chi connectivity index (χ0v) is 56.7. The Morgan fingerprint density at radius 2 is 0.933 bits per heavy atom. The first-order chi connectivity index (χ1) is 49.8. The third kappa shape index (κ3) is 24.5. The summed E-state index contributed by atoms with van der Waals surface area (Å²) in [6.45, 7) is -3.49. The maximum atomic E-state index is 14.3. The molecule has 6 rings (SSSR count). The number of para-hydroxylation sites is 2. The van der Waals surface area contributed by atoms with Crippen molar-refractivity contribution in [3.05, 3.63) is 72.1 Å². The zero-order valence-electron chi connectivity index (χ0n) is 55.8. The lowest BCUT2D eigenvalue weighted by Gasteiger charge is -2.26. The summed E-state index contributed by atoms with van der Waals surface area (Å²) in [5.41, 5.74) is 5.89. The van der Waals surface area contributed by atoms with E-state index in [1.54, 1.807) is 12.1 Å². The molecule has 4 heterocycles. The van der Waals surface area contributed by atoms with Gasteiger partial charge in [-0.25, -0.2) is 22.4 Å². The van der Waals surface area contributed by atoms with E-state index < -0.39 is 213 Å². The molecule has 105 heavy (non-hydrogen) atoms. The van der Waals surface area contributed by atoms with Crippen molar-refractivity contribution < 1.29 is 105 Å². The first-order valence-electron chi connectivity index (χ1n) is 32.6. The Hall–Kier alpha value is -11.7. The van der Waals surface area contributed by atoms with Crippen LogP contribution in [0.25, 0.3) is 21.8 Å². The van der Waals surface area contributed by atoms with E-state index in [1.807, 2.05) is 5.32 Å². The highest BCUT2D eigenvalue weighted by molar-refractivity contribution is 7.80. The monoisotopic (exact) mass is 1490 g/mol. The smallest absolute Gasteiger partial charge is 0.327 e. The number of carboxylic acids is 3. The summed E-state index contributed by atoms with van der Waals surface area (Å²) in [7, 11) is 0. The van der Waals surface area contributed by atoms with E-state index in [0.717, 1.165) is 0 Å². The number of nitrogens with one attached hydrogen (secondary N) is 10. The summed E-state index contributed by atoms with van der Waals surface area (Å²) < 4.78 is 56.0. The number of nitrogens with zero attached hydrogens (tertiary/aromatic N) is 6. The molecule has 0 spiro atoms. The summed E-state index contributed by atoms with van der Waals surface area (Å²) >= 11 is 3.86. The molecule has 40 heteroatoms. The van der Waals surface area contributed by atoms with Gasteiger partial charge in [0.05, 0.1) is 84.7 Å². The average molecular weight is 1490 g/mol. The van der Waals surface area contributed by atoms with Gasteiger partial charge in [0.15, 0.2) is 0 Å². The second-order valence-electron chi connectivity index (χ2n) is 24.2. The van der Waals surface area contributed by atoms with Crippen LogP contribution in [0, 0.1) is 22.7 Å². The Kier molecular flexibility index (Phi) is 30.2. The molecule has 2 aromatic heterocycles. The van der Waals surface area contributed by atoms with Gasteiger partial charge < -0.3 is 84.0 Å².